The van der Waals surface area contributed by atoms with Gasteiger partial charge >= 0.3 is 0 Å². The minimum atomic E-state index is -0.352. The van der Waals surface area contributed by atoms with Crippen LogP contribution in [0.3, 0.4) is 0 Å². The van der Waals surface area contributed by atoms with Gasteiger partial charge in [0.2, 0.25) is 0 Å². The third-order valence-electron chi connectivity index (χ3n) is 8.97. The Morgan fingerprint density at radius 3 is 1.10 bits per heavy atom. The van der Waals surface area contributed by atoms with Crippen LogP contribution in [-0.2, 0) is 4.74 Å². The lowest BCUT2D eigenvalue weighted by Crippen LogP contribution is -2.20. The Kier molecular flexibility index (Phi) is 30.7. The van der Waals surface area contributed by atoms with Crippen molar-refractivity contribution in [3.63, 3.8) is 0 Å². The van der Waals surface area contributed by atoms with Gasteiger partial charge in [0.15, 0.2) is 0 Å². The number of methoxy groups -OCH3 is 1. The highest BCUT2D eigenvalue weighted by molar-refractivity contribution is 4.67. The summed E-state index contributed by atoms with van der Waals surface area (Å²) >= 11 is 0. The number of aliphatic hydroxyl groups excluding tert-OH is 2. The van der Waals surface area contributed by atoms with Crippen molar-refractivity contribution >= 4 is 0 Å². The highest BCUT2D eigenvalue weighted by Gasteiger charge is 2.15. The van der Waals surface area contributed by atoms with Crippen LogP contribution in [-0.4, -0.2) is 35.6 Å². The molecule has 0 rings (SSSR count). The van der Waals surface area contributed by atoms with Gasteiger partial charge in [-0.1, -0.05) is 168 Å². The fourth-order valence-electron chi connectivity index (χ4n) is 6.20. The highest BCUT2D eigenvalue weighted by atomic mass is 16.5. The molecule has 0 aromatic carbocycles. The fraction of sp³-hybridized carbons (Fsp3) is 1.00. The molecule has 4 atom stereocenters. The van der Waals surface area contributed by atoms with E-state index in [2.05, 4.69) is 20.8 Å². The van der Waals surface area contributed by atoms with Crippen LogP contribution in [0.15, 0.2) is 0 Å². The van der Waals surface area contributed by atoms with E-state index in [4.69, 9.17) is 4.74 Å². The summed E-state index contributed by atoms with van der Waals surface area (Å²) in [5.74, 6) is 0.576. The normalized spacial score (nSPS) is 14.9. The van der Waals surface area contributed by atoms with Crippen molar-refractivity contribution in [2.45, 2.75) is 219 Å². The van der Waals surface area contributed by atoms with E-state index in [1.807, 2.05) is 0 Å². The van der Waals surface area contributed by atoms with E-state index < -0.39 is 0 Å². The second-order valence-electron chi connectivity index (χ2n) is 12.8. The summed E-state index contributed by atoms with van der Waals surface area (Å²) in [6.45, 7) is 6.74. The average Bonchev–Trinajstić information content (AvgIpc) is 2.92. The highest BCUT2D eigenvalue weighted by Crippen LogP contribution is 2.20. The summed E-state index contributed by atoms with van der Waals surface area (Å²) < 4.78 is 5.53. The lowest BCUT2D eigenvalue weighted by Gasteiger charge is -2.21. The molecule has 0 fully saturated rings. The molecular weight excluding hydrogens is 480 g/mol. The van der Waals surface area contributed by atoms with Crippen LogP contribution in [0.2, 0.25) is 0 Å². The molecule has 0 aliphatic rings. The summed E-state index contributed by atoms with van der Waals surface area (Å²) in [6.07, 6.45) is 35.6. The Bertz CT molecular complexity index is 451. The number of rotatable bonds is 32. The van der Waals surface area contributed by atoms with E-state index in [0.29, 0.717) is 18.4 Å². The van der Waals surface area contributed by atoms with Crippen LogP contribution < -0.4 is 0 Å². The Morgan fingerprint density at radius 2 is 0.769 bits per heavy atom. The average molecular weight is 555 g/mol. The van der Waals surface area contributed by atoms with Gasteiger partial charge in [-0.05, 0) is 38.0 Å². The lowest BCUT2D eigenvalue weighted by molar-refractivity contribution is 0.0495. The Morgan fingerprint density at radius 1 is 0.462 bits per heavy atom. The standard InChI is InChI=1S/C36H74O3/c1-5-7-8-9-10-11-12-13-14-15-16-17-18-19-20-21-22-23-24-25-26-30-34(37)32-35(38)31-28-27-29-33(3)36(6-2)39-4/h33-38H,5-32H2,1-4H3/t33-,34+,35+,36+/m0/s1. The van der Waals surface area contributed by atoms with Gasteiger partial charge in [-0.25, -0.2) is 0 Å². The van der Waals surface area contributed by atoms with Crippen LogP contribution in [0.4, 0.5) is 0 Å². The van der Waals surface area contributed by atoms with Gasteiger partial charge in [0, 0.05) is 7.11 Å². The molecule has 3 heteroatoms. The van der Waals surface area contributed by atoms with Gasteiger partial charge in [0.1, 0.15) is 0 Å². The van der Waals surface area contributed by atoms with Crippen molar-refractivity contribution in [2.24, 2.45) is 5.92 Å². The van der Waals surface area contributed by atoms with E-state index >= 15 is 0 Å². The second-order valence-corrected chi connectivity index (χ2v) is 12.8. The van der Waals surface area contributed by atoms with Crippen LogP contribution in [0.1, 0.15) is 201 Å². The molecule has 3 nitrogen and oxygen atoms in total. The monoisotopic (exact) mass is 555 g/mol. The molecule has 0 saturated carbocycles. The molecule has 0 radical (unpaired) electrons. The first-order valence-corrected chi connectivity index (χ1v) is 17.9. The minimum Gasteiger partial charge on any atom is -0.393 e. The number of aliphatic hydroxyl groups is 2. The molecule has 0 aliphatic carbocycles. The number of unbranched alkanes of at least 4 members (excludes halogenated alkanes) is 21. The summed E-state index contributed by atoms with van der Waals surface area (Å²) in [5, 5.41) is 20.6. The van der Waals surface area contributed by atoms with Gasteiger partial charge in [-0.2, -0.15) is 0 Å². The van der Waals surface area contributed by atoms with Crippen molar-refractivity contribution < 1.29 is 14.9 Å². The first-order valence-electron chi connectivity index (χ1n) is 17.9. The Labute approximate surface area is 246 Å². The molecule has 0 saturated heterocycles. The molecule has 236 valence electrons. The zero-order chi connectivity index (χ0) is 28.8. The summed E-state index contributed by atoms with van der Waals surface area (Å²) in [6, 6.07) is 0. The molecule has 2 N–H and O–H groups in total. The van der Waals surface area contributed by atoms with Gasteiger partial charge in [0.25, 0.3) is 0 Å². The third-order valence-corrected chi connectivity index (χ3v) is 8.97. The van der Waals surface area contributed by atoms with Crippen LogP contribution in [0.5, 0.6) is 0 Å². The molecule has 0 bridgehead atoms. The minimum absolute atomic E-state index is 0.336. The van der Waals surface area contributed by atoms with E-state index in [-0.39, 0.29) is 12.2 Å². The SMILES string of the molecule is CCCCCCCCCCCCCCCCCCCCCCC[C@@H](O)C[C@H](O)CCCC[C@H](C)[C@@H](CC)OC. The van der Waals surface area contributed by atoms with Crippen molar-refractivity contribution in [1.29, 1.82) is 0 Å². The molecule has 39 heavy (non-hydrogen) atoms. The zero-order valence-electron chi connectivity index (χ0n) is 27.4. The number of hydrogen-bond donors (Lipinski definition) is 2. The summed E-state index contributed by atoms with van der Waals surface area (Å²) in [4.78, 5) is 0. The number of hydrogen-bond acceptors (Lipinski definition) is 3. The van der Waals surface area contributed by atoms with Crippen molar-refractivity contribution in [3.8, 4) is 0 Å². The van der Waals surface area contributed by atoms with Crippen LogP contribution in [0.25, 0.3) is 0 Å². The van der Waals surface area contributed by atoms with Crippen LogP contribution in [0, 0.1) is 5.92 Å². The smallest absolute Gasteiger partial charge is 0.0594 e. The fourth-order valence-corrected chi connectivity index (χ4v) is 6.20. The summed E-state index contributed by atoms with van der Waals surface area (Å²) in [7, 11) is 1.80. The molecule has 0 amide bonds. The van der Waals surface area contributed by atoms with Crippen molar-refractivity contribution in [1.82, 2.24) is 0 Å². The first-order chi connectivity index (χ1) is 19.0. The molecule has 0 aromatic rings. The Hall–Kier alpha value is -0.120. The Balaban J connectivity index is 3.32. The van der Waals surface area contributed by atoms with E-state index in [0.717, 1.165) is 44.9 Å². The second kappa shape index (κ2) is 30.8. The molecule has 0 aromatic heterocycles. The maximum absolute atomic E-state index is 10.3. The largest absolute Gasteiger partial charge is 0.393 e. The molecule has 0 heterocycles. The molecule has 0 aliphatic heterocycles. The first kappa shape index (κ1) is 38.9. The third kappa shape index (κ3) is 27.8. The topological polar surface area (TPSA) is 49.7 Å². The predicted molar refractivity (Wildman–Crippen MR) is 173 cm³/mol. The van der Waals surface area contributed by atoms with Crippen molar-refractivity contribution in [2.75, 3.05) is 7.11 Å². The van der Waals surface area contributed by atoms with E-state index in [1.54, 1.807) is 7.11 Å². The molecule has 0 spiro atoms. The van der Waals surface area contributed by atoms with E-state index in [1.165, 1.54) is 128 Å². The maximum Gasteiger partial charge on any atom is 0.0594 e. The van der Waals surface area contributed by atoms with Crippen molar-refractivity contribution in [3.05, 3.63) is 0 Å². The predicted octanol–water partition coefficient (Wildman–Crippen LogP) is 11.3. The van der Waals surface area contributed by atoms with Gasteiger partial charge in [-0.15, -0.1) is 0 Å². The van der Waals surface area contributed by atoms with E-state index in [9.17, 15) is 10.2 Å². The zero-order valence-corrected chi connectivity index (χ0v) is 27.4. The number of ether oxygens (including phenoxy) is 1. The van der Waals surface area contributed by atoms with Gasteiger partial charge in [-0.3, -0.25) is 0 Å². The van der Waals surface area contributed by atoms with Gasteiger partial charge < -0.3 is 14.9 Å². The molecule has 0 unspecified atom stereocenters. The van der Waals surface area contributed by atoms with Gasteiger partial charge in [0.05, 0.1) is 18.3 Å². The lowest BCUT2D eigenvalue weighted by atomic mass is 9.94. The van der Waals surface area contributed by atoms with Crippen LogP contribution >= 0.6 is 0 Å². The summed E-state index contributed by atoms with van der Waals surface area (Å²) in [5.41, 5.74) is 0. The quantitative estimate of drug-likeness (QED) is 0.0813. The maximum atomic E-state index is 10.3. The molecular formula is C36H74O3.